The molecule has 2 aliphatic rings. The highest BCUT2D eigenvalue weighted by molar-refractivity contribution is 5.89. The van der Waals surface area contributed by atoms with Gasteiger partial charge < -0.3 is 10.6 Å². The molecule has 112 valence electrons. The Morgan fingerprint density at radius 2 is 2.19 bits per heavy atom. The molecule has 0 radical (unpaired) electrons. The number of rotatable bonds is 1. The Morgan fingerprint density at radius 3 is 3.10 bits per heavy atom. The van der Waals surface area contributed by atoms with Gasteiger partial charge >= 0.3 is 0 Å². The minimum atomic E-state index is 0.502. The molecule has 3 N–H and O–H groups in total. The van der Waals surface area contributed by atoms with E-state index < -0.39 is 0 Å². The van der Waals surface area contributed by atoms with Crippen LogP contribution in [0.4, 0.5) is 11.4 Å². The monoisotopic (exact) mass is 285 g/mol. The smallest absolute Gasteiger partial charge is 0.0672 e. The van der Waals surface area contributed by atoms with E-state index in [1.165, 1.54) is 25.8 Å². The zero-order valence-corrected chi connectivity index (χ0v) is 12.5. The summed E-state index contributed by atoms with van der Waals surface area (Å²) in [4.78, 5) is 5.15. The summed E-state index contributed by atoms with van der Waals surface area (Å²) in [5.41, 5.74) is 9.40. The lowest BCUT2D eigenvalue weighted by Gasteiger charge is -2.48. The second-order valence-corrected chi connectivity index (χ2v) is 6.51. The van der Waals surface area contributed by atoms with Crippen LogP contribution in [-0.4, -0.2) is 46.8 Å². The Labute approximate surface area is 125 Å². The Kier molecular flexibility index (Phi) is 3.03. The number of fused-ring (bicyclic) bond motifs is 2. The van der Waals surface area contributed by atoms with Crippen LogP contribution in [0.2, 0.25) is 0 Å². The van der Waals surface area contributed by atoms with E-state index in [2.05, 4.69) is 33.0 Å². The number of nitrogens with one attached hydrogen (secondary N) is 1. The molecule has 3 heterocycles. The van der Waals surface area contributed by atoms with Gasteiger partial charge in [-0.25, -0.2) is 0 Å². The molecule has 2 fully saturated rings. The number of piperazine rings is 1. The molecule has 1 aromatic carbocycles. The second-order valence-electron chi connectivity index (χ2n) is 6.51. The quantitative estimate of drug-likeness (QED) is 0.789. The number of H-pyrrole nitrogens is 1. The van der Waals surface area contributed by atoms with Crippen molar-refractivity contribution in [2.24, 2.45) is 0 Å². The number of hydrogen-bond acceptors (Lipinski definition) is 4. The van der Waals surface area contributed by atoms with E-state index >= 15 is 0 Å². The summed E-state index contributed by atoms with van der Waals surface area (Å²) in [5, 5.41) is 8.24. The molecule has 1 aromatic heterocycles. The van der Waals surface area contributed by atoms with Crippen molar-refractivity contribution in [2.75, 3.05) is 30.3 Å². The van der Waals surface area contributed by atoms with Gasteiger partial charge in [0.15, 0.2) is 0 Å². The zero-order chi connectivity index (χ0) is 14.4. The van der Waals surface area contributed by atoms with Crippen LogP contribution in [0.15, 0.2) is 18.3 Å². The standard InChI is InChI=1S/C16H23N5/c1-11-9-20-5-3-2-4-13(20)10-21(11)16-7-15-12(6-14(16)17)8-18-19-15/h6-8,11,13H,2-5,9-10,17H2,1H3,(H,18,19). The number of anilines is 2. The summed E-state index contributed by atoms with van der Waals surface area (Å²) in [6.45, 7) is 5.80. The maximum atomic E-state index is 6.31. The summed E-state index contributed by atoms with van der Waals surface area (Å²) >= 11 is 0. The summed E-state index contributed by atoms with van der Waals surface area (Å²) in [5.74, 6) is 0. The van der Waals surface area contributed by atoms with Crippen LogP contribution in [0.1, 0.15) is 26.2 Å². The first-order chi connectivity index (χ1) is 10.2. The van der Waals surface area contributed by atoms with Crippen LogP contribution in [0.3, 0.4) is 0 Å². The Bertz CT molecular complexity index is 649. The summed E-state index contributed by atoms with van der Waals surface area (Å²) in [6.07, 6.45) is 5.86. The number of nitrogen functional groups attached to an aromatic ring is 1. The summed E-state index contributed by atoms with van der Waals surface area (Å²) in [7, 11) is 0. The highest BCUT2D eigenvalue weighted by Crippen LogP contribution is 2.33. The molecule has 0 saturated carbocycles. The third-order valence-corrected chi connectivity index (χ3v) is 5.08. The van der Waals surface area contributed by atoms with E-state index in [-0.39, 0.29) is 0 Å². The van der Waals surface area contributed by atoms with Gasteiger partial charge in [-0.3, -0.25) is 10.00 Å². The third kappa shape index (κ3) is 2.16. The Balaban J connectivity index is 1.68. The first-order valence-corrected chi connectivity index (χ1v) is 7.95. The molecule has 0 spiro atoms. The van der Waals surface area contributed by atoms with Crippen molar-refractivity contribution >= 4 is 22.3 Å². The lowest BCUT2D eigenvalue weighted by molar-refractivity contribution is 0.116. The number of benzene rings is 1. The van der Waals surface area contributed by atoms with Gasteiger partial charge in [0.1, 0.15) is 0 Å². The number of aromatic nitrogens is 2. The van der Waals surface area contributed by atoms with E-state index in [9.17, 15) is 0 Å². The zero-order valence-electron chi connectivity index (χ0n) is 12.5. The topological polar surface area (TPSA) is 61.2 Å². The minimum absolute atomic E-state index is 0.502. The first kappa shape index (κ1) is 13.0. The van der Waals surface area contributed by atoms with Crippen molar-refractivity contribution < 1.29 is 0 Å². The van der Waals surface area contributed by atoms with E-state index in [1.807, 2.05) is 12.3 Å². The van der Waals surface area contributed by atoms with E-state index in [4.69, 9.17) is 5.73 Å². The lowest BCUT2D eigenvalue weighted by Crippen LogP contribution is -2.59. The molecule has 21 heavy (non-hydrogen) atoms. The fraction of sp³-hybridized carbons (Fsp3) is 0.562. The van der Waals surface area contributed by atoms with Crippen molar-refractivity contribution in [1.29, 1.82) is 0 Å². The molecular weight excluding hydrogens is 262 g/mol. The van der Waals surface area contributed by atoms with Gasteiger partial charge in [-0.15, -0.1) is 0 Å². The van der Waals surface area contributed by atoms with Gasteiger partial charge in [0, 0.05) is 30.6 Å². The van der Waals surface area contributed by atoms with Gasteiger partial charge in [-0.1, -0.05) is 6.42 Å². The highest BCUT2D eigenvalue weighted by atomic mass is 15.3. The minimum Gasteiger partial charge on any atom is -0.397 e. The van der Waals surface area contributed by atoms with E-state index in [0.717, 1.165) is 35.4 Å². The average Bonchev–Trinajstić information content (AvgIpc) is 2.93. The predicted molar refractivity (Wildman–Crippen MR) is 86.5 cm³/mol. The molecule has 2 saturated heterocycles. The Hall–Kier alpha value is -1.75. The number of piperidine rings is 1. The average molecular weight is 285 g/mol. The lowest BCUT2D eigenvalue weighted by atomic mass is 9.96. The fourth-order valence-electron chi connectivity index (χ4n) is 3.93. The fourth-order valence-corrected chi connectivity index (χ4v) is 3.93. The van der Waals surface area contributed by atoms with Crippen molar-refractivity contribution in [3.05, 3.63) is 18.3 Å². The van der Waals surface area contributed by atoms with E-state index in [0.29, 0.717) is 12.1 Å². The molecule has 2 aromatic rings. The van der Waals surface area contributed by atoms with Crippen LogP contribution in [0.25, 0.3) is 10.9 Å². The highest BCUT2D eigenvalue weighted by Gasteiger charge is 2.33. The maximum Gasteiger partial charge on any atom is 0.0672 e. The normalized spacial score (nSPS) is 27.0. The predicted octanol–water partition coefficient (Wildman–Crippen LogP) is 2.21. The Morgan fingerprint density at radius 1 is 1.29 bits per heavy atom. The van der Waals surface area contributed by atoms with Gasteiger partial charge in [0.25, 0.3) is 0 Å². The largest absolute Gasteiger partial charge is 0.397 e. The molecule has 0 bridgehead atoms. The van der Waals surface area contributed by atoms with Gasteiger partial charge in [0.2, 0.25) is 0 Å². The molecule has 2 aliphatic heterocycles. The molecule has 4 rings (SSSR count). The second kappa shape index (κ2) is 4.91. The van der Waals surface area contributed by atoms with Crippen LogP contribution < -0.4 is 10.6 Å². The summed E-state index contributed by atoms with van der Waals surface area (Å²) in [6, 6.07) is 5.38. The van der Waals surface area contributed by atoms with Crippen LogP contribution in [-0.2, 0) is 0 Å². The van der Waals surface area contributed by atoms with Crippen LogP contribution in [0, 0.1) is 0 Å². The SMILES string of the molecule is CC1CN2CCCCC2CN1c1cc2[nH]ncc2cc1N. The molecule has 0 amide bonds. The maximum absolute atomic E-state index is 6.31. The van der Waals surface area contributed by atoms with Gasteiger partial charge in [0.05, 0.1) is 23.1 Å². The third-order valence-electron chi connectivity index (χ3n) is 5.08. The molecule has 2 atom stereocenters. The summed E-state index contributed by atoms with van der Waals surface area (Å²) < 4.78 is 0. The first-order valence-electron chi connectivity index (χ1n) is 7.95. The van der Waals surface area contributed by atoms with Crippen LogP contribution >= 0.6 is 0 Å². The number of nitrogens with two attached hydrogens (primary N) is 1. The van der Waals surface area contributed by atoms with Crippen molar-refractivity contribution in [1.82, 2.24) is 15.1 Å². The molecular formula is C16H23N5. The molecule has 2 unspecified atom stereocenters. The van der Waals surface area contributed by atoms with Crippen LogP contribution in [0.5, 0.6) is 0 Å². The molecule has 5 heteroatoms. The number of nitrogens with zero attached hydrogens (tertiary/aromatic N) is 3. The van der Waals surface area contributed by atoms with Gasteiger partial charge in [-0.2, -0.15) is 5.10 Å². The molecule has 0 aliphatic carbocycles. The van der Waals surface area contributed by atoms with E-state index in [1.54, 1.807) is 0 Å². The van der Waals surface area contributed by atoms with Crippen molar-refractivity contribution in [2.45, 2.75) is 38.3 Å². The van der Waals surface area contributed by atoms with Crippen molar-refractivity contribution in [3.63, 3.8) is 0 Å². The van der Waals surface area contributed by atoms with Crippen molar-refractivity contribution in [3.8, 4) is 0 Å². The van der Waals surface area contributed by atoms with Gasteiger partial charge in [-0.05, 0) is 38.4 Å². The number of hydrogen-bond donors (Lipinski definition) is 2. The molecule has 5 nitrogen and oxygen atoms in total. The number of aromatic amines is 1.